The number of hydrogen-bond acceptors (Lipinski definition) is 3. The molecule has 0 amide bonds. The van der Waals surface area contributed by atoms with Crippen LogP contribution < -0.4 is 4.74 Å². The van der Waals surface area contributed by atoms with Crippen LogP contribution in [0.25, 0.3) is 6.08 Å². The van der Waals surface area contributed by atoms with Crippen LogP contribution in [0.15, 0.2) is 60.7 Å². The smallest absolute Gasteiger partial charge is 0.331 e. The van der Waals surface area contributed by atoms with Gasteiger partial charge < -0.3 is 9.47 Å². The van der Waals surface area contributed by atoms with E-state index in [2.05, 4.69) is 13.8 Å². The van der Waals surface area contributed by atoms with Crippen molar-refractivity contribution in [1.29, 1.82) is 0 Å². The van der Waals surface area contributed by atoms with Crippen LogP contribution >= 0.6 is 0 Å². The summed E-state index contributed by atoms with van der Waals surface area (Å²) in [6, 6.07) is 17.3. The number of carbonyl (C=O) groups excluding carboxylic acids is 1. The van der Waals surface area contributed by atoms with Gasteiger partial charge in [-0.05, 0) is 23.6 Å². The van der Waals surface area contributed by atoms with Gasteiger partial charge in [-0.1, -0.05) is 62.4 Å². The molecule has 0 spiro atoms. The van der Waals surface area contributed by atoms with E-state index in [4.69, 9.17) is 9.47 Å². The zero-order chi connectivity index (χ0) is 16.5. The Labute approximate surface area is 137 Å². The van der Waals surface area contributed by atoms with Gasteiger partial charge in [0.1, 0.15) is 12.4 Å². The SMILES string of the molecule is CC(C)COc1ccccc1COC(=O)/C=C/c1ccccc1. The second kappa shape index (κ2) is 8.79. The van der Waals surface area contributed by atoms with E-state index < -0.39 is 0 Å². The van der Waals surface area contributed by atoms with Crippen LogP contribution in [0.3, 0.4) is 0 Å². The predicted molar refractivity (Wildman–Crippen MR) is 92.0 cm³/mol. The summed E-state index contributed by atoms with van der Waals surface area (Å²) in [5, 5.41) is 0. The van der Waals surface area contributed by atoms with Gasteiger partial charge in [0, 0.05) is 11.6 Å². The van der Waals surface area contributed by atoms with Crippen molar-refractivity contribution >= 4 is 12.0 Å². The number of esters is 1. The second-order valence-electron chi connectivity index (χ2n) is 5.66. The summed E-state index contributed by atoms with van der Waals surface area (Å²) in [6.07, 6.45) is 3.18. The standard InChI is InChI=1S/C20H22O3/c1-16(2)14-22-19-11-7-6-10-18(19)15-23-20(21)13-12-17-8-4-3-5-9-17/h3-13,16H,14-15H2,1-2H3/b13-12+. The average molecular weight is 310 g/mol. The first kappa shape index (κ1) is 16.8. The Hall–Kier alpha value is -2.55. The van der Waals surface area contributed by atoms with E-state index in [1.807, 2.05) is 54.6 Å². The summed E-state index contributed by atoms with van der Waals surface area (Å²) >= 11 is 0. The molecule has 0 N–H and O–H groups in total. The molecule has 0 heterocycles. The summed E-state index contributed by atoms with van der Waals surface area (Å²) in [4.78, 5) is 11.8. The Balaban J connectivity index is 1.90. The molecule has 23 heavy (non-hydrogen) atoms. The third-order valence-electron chi connectivity index (χ3n) is 3.13. The van der Waals surface area contributed by atoms with Gasteiger partial charge in [-0.3, -0.25) is 0 Å². The molecule has 120 valence electrons. The lowest BCUT2D eigenvalue weighted by atomic mass is 10.2. The molecule has 0 aliphatic heterocycles. The molecule has 0 bridgehead atoms. The fourth-order valence-electron chi connectivity index (χ4n) is 1.95. The molecule has 3 nitrogen and oxygen atoms in total. The summed E-state index contributed by atoms with van der Waals surface area (Å²) in [6.45, 7) is 5.03. The molecule has 0 fully saturated rings. The first-order chi connectivity index (χ1) is 11.1. The molecule has 0 atom stereocenters. The number of benzene rings is 2. The van der Waals surface area contributed by atoms with Gasteiger partial charge in [0.15, 0.2) is 0 Å². The molecule has 0 unspecified atom stereocenters. The van der Waals surface area contributed by atoms with Crippen molar-refractivity contribution in [2.75, 3.05) is 6.61 Å². The maximum atomic E-state index is 11.8. The van der Waals surface area contributed by atoms with Crippen molar-refractivity contribution in [3.63, 3.8) is 0 Å². The predicted octanol–water partition coefficient (Wildman–Crippen LogP) is 4.48. The topological polar surface area (TPSA) is 35.5 Å². The number of para-hydroxylation sites is 1. The Morgan fingerprint density at radius 2 is 1.74 bits per heavy atom. The largest absolute Gasteiger partial charge is 0.493 e. The average Bonchev–Trinajstić information content (AvgIpc) is 2.58. The van der Waals surface area contributed by atoms with Gasteiger partial charge >= 0.3 is 5.97 Å². The minimum Gasteiger partial charge on any atom is -0.493 e. The van der Waals surface area contributed by atoms with Crippen LogP contribution in [0.4, 0.5) is 0 Å². The van der Waals surface area contributed by atoms with Crippen LogP contribution in [-0.4, -0.2) is 12.6 Å². The van der Waals surface area contributed by atoms with E-state index in [9.17, 15) is 4.79 Å². The molecule has 2 aromatic carbocycles. The zero-order valence-corrected chi connectivity index (χ0v) is 13.6. The quantitative estimate of drug-likeness (QED) is 0.559. The van der Waals surface area contributed by atoms with Gasteiger partial charge in [0.25, 0.3) is 0 Å². The van der Waals surface area contributed by atoms with E-state index in [0.717, 1.165) is 16.9 Å². The second-order valence-corrected chi connectivity index (χ2v) is 5.66. The van der Waals surface area contributed by atoms with Gasteiger partial charge in [0.2, 0.25) is 0 Å². The zero-order valence-electron chi connectivity index (χ0n) is 13.6. The Morgan fingerprint density at radius 1 is 1.04 bits per heavy atom. The van der Waals surface area contributed by atoms with E-state index >= 15 is 0 Å². The van der Waals surface area contributed by atoms with Crippen LogP contribution in [0.2, 0.25) is 0 Å². The highest BCUT2D eigenvalue weighted by molar-refractivity contribution is 5.87. The van der Waals surface area contributed by atoms with Crippen molar-refractivity contribution < 1.29 is 14.3 Å². The molecule has 0 saturated heterocycles. The summed E-state index contributed by atoms with van der Waals surface area (Å²) in [7, 11) is 0. The van der Waals surface area contributed by atoms with Gasteiger partial charge in [0.05, 0.1) is 6.61 Å². The van der Waals surface area contributed by atoms with Gasteiger partial charge in [-0.25, -0.2) is 4.79 Å². The molecule has 0 aliphatic carbocycles. The number of carbonyl (C=O) groups is 1. The fourth-order valence-corrected chi connectivity index (χ4v) is 1.95. The molecular weight excluding hydrogens is 288 g/mol. The van der Waals surface area contributed by atoms with E-state index in [1.54, 1.807) is 6.08 Å². The fraction of sp³-hybridized carbons (Fsp3) is 0.250. The van der Waals surface area contributed by atoms with Gasteiger partial charge in [-0.2, -0.15) is 0 Å². The van der Waals surface area contributed by atoms with Crippen LogP contribution in [0, 0.1) is 5.92 Å². The lowest BCUT2D eigenvalue weighted by Gasteiger charge is -2.12. The molecule has 0 radical (unpaired) electrons. The molecule has 0 aliphatic rings. The third kappa shape index (κ3) is 5.99. The minimum absolute atomic E-state index is 0.201. The summed E-state index contributed by atoms with van der Waals surface area (Å²) < 4.78 is 11.0. The highest BCUT2D eigenvalue weighted by Gasteiger charge is 2.06. The Bertz CT molecular complexity index is 645. The van der Waals surface area contributed by atoms with E-state index in [-0.39, 0.29) is 12.6 Å². The summed E-state index contributed by atoms with van der Waals surface area (Å²) in [5.74, 6) is 0.841. The van der Waals surface area contributed by atoms with Crippen molar-refractivity contribution in [3.8, 4) is 5.75 Å². The molecular formula is C20H22O3. The van der Waals surface area contributed by atoms with Gasteiger partial charge in [-0.15, -0.1) is 0 Å². The maximum Gasteiger partial charge on any atom is 0.331 e. The highest BCUT2D eigenvalue weighted by Crippen LogP contribution is 2.19. The minimum atomic E-state index is -0.368. The van der Waals surface area contributed by atoms with Crippen LogP contribution in [0.1, 0.15) is 25.0 Å². The van der Waals surface area contributed by atoms with Crippen LogP contribution in [0.5, 0.6) is 5.75 Å². The molecule has 0 saturated carbocycles. The van der Waals surface area contributed by atoms with Crippen molar-refractivity contribution in [3.05, 3.63) is 71.8 Å². The van der Waals surface area contributed by atoms with Crippen molar-refractivity contribution in [2.24, 2.45) is 5.92 Å². The normalized spacial score (nSPS) is 10.9. The Morgan fingerprint density at radius 3 is 2.48 bits per heavy atom. The highest BCUT2D eigenvalue weighted by atomic mass is 16.5. The van der Waals surface area contributed by atoms with E-state index in [1.165, 1.54) is 6.08 Å². The number of rotatable bonds is 7. The van der Waals surface area contributed by atoms with Crippen LogP contribution in [-0.2, 0) is 16.1 Å². The number of hydrogen-bond donors (Lipinski definition) is 0. The summed E-state index contributed by atoms with van der Waals surface area (Å²) in [5.41, 5.74) is 1.83. The Kier molecular flexibility index (Phi) is 6.42. The van der Waals surface area contributed by atoms with Crippen molar-refractivity contribution in [1.82, 2.24) is 0 Å². The first-order valence-corrected chi connectivity index (χ1v) is 7.75. The first-order valence-electron chi connectivity index (χ1n) is 7.75. The monoisotopic (exact) mass is 310 g/mol. The molecule has 3 heteroatoms. The van der Waals surface area contributed by atoms with Crippen molar-refractivity contribution in [2.45, 2.75) is 20.5 Å². The molecule has 2 aromatic rings. The lowest BCUT2D eigenvalue weighted by Crippen LogP contribution is -2.07. The molecule has 0 aromatic heterocycles. The molecule has 2 rings (SSSR count). The van der Waals surface area contributed by atoms with E-state index in [0.29, 0.717) is 12.5 Å². The number of ether oxygens (including phenoxy) is 2. The third-order valence-corrected chi connectivity index (χ3v) is 3.13. The lowest BCUT2D eigenvalue weighted by molar-refractivity contribution is -0.138. The maximum absolute atomic E-state index is 11.8.